The molecule has 0 aliphatic rings. The number of amides is 2. The lowest BCUT2D eigenvalue weighted by molar-refractivity contribution is 0.262. The van der Waals surface area contributed by atoms with Crippen LogP contribution in [-0.2, 0) is 10.0 Å². The maximum Gasteiger partial charge on any atom is 0.323 e. The number of carbonyl (C=O) groups excluding carboxylic acids is 1. The lowest BCUT2D eigenvalue weighted by Crippen LogP contribution is -2.19. The summed E-state index contributed by atoms with van der Waals surface area (Å²) in [6.07, 6.45) is 0. The fraction of sp³-hybridized carbons (Fsp3) is 0. The molecule has 0 fully saturated rings. The van der Waals surface area contributed by atoms with Crippen LogP contribution in [0.3, 0.4) is 0 Å². The quantitative estimate of drug-likeness (QED) is 0.548. The van der Waals surface area contributed by atoms with Gasteiger partial charge < -0.3 is 10.6 Å². The number of nitrogens with one attached hydrogen (secondary N) is 3. The van der Waals surface area contributed by atoms with Crippen molar-refractivity contribution in [2.45, 2.75) is 4.90 Å². The molecule has 3 aromatic rings. The molecule has 0 aromatic heterocycles. The minimum absolute atomic E-state index is 0.0899. The Hall–Kier alpha value is -3.10. The highest BCUT2D eigenvalue weighted by molar-refractivity contribution is 7.92. The standard InChI is InChI=1S/C19H15ClFN3O3S/c20-13-9-10-18(17(21)11-13)28(26,27)24-16-8-4-7-15(12-16)23-19(25)22-14-5-2-1-3-6-14/h1-12,24H,(H2,22,23,25). The van der Waals surface area contributed by atoms with Crippen molar-refractivity contribution in [3.05, 3.63) is 83.6 Å². The summed E-state index contributed by atoms with van der Waals surface area (Å²) in [5, 5.41) is 5.33. The van der Waals surface area contributed by atoms with Crippen LogP contribution < -0.4 is 15.4 Å². The van der Waals surface area contributed by atoms with Crippen molar-refractivity contribution in [1.82, 2.24) is 0 Å². The molecule has 9 heteroatoms. The van der Waals surface area contributed by atoms with Crippen molar-refractivity contribution in [2.75, 3.05) is 15.4 Å². The van der Waals surface area contributed by atoms with E-state index < -0.39 is 26.8 Å². The fourth-order valence-corrected chi connectivity index (χ4v) is 3.65. The topological polar surface area (TPSA) is 87.3 Å². The normalized spacial score (nSPS) is 10.9. The SMILES string of the molecule is O=C(Nc1ccccc1)Nc1cccc(NS(=O)(=O)c2ccc(Cl)cc2F)c1. The fourth-order valence-electron chi connectivity index (χ4n) is 2.38. The molecule has 0 saturated carbocycles. The molecule has 0 aliphatic heterocycles. The van der Waals surface area contributed by atoms with Crippen molar-refractivity contribution < 1.29 is 17.6 Å². The lowest BCUT2D eigenvalue weighted by Gasteiger charge is -2.11. The Morgan fingerprint density at radius 1 is 0.821 bits per heavy atom. The Bertz CT molecular complexity index is 1110. The zero-order valence-electron chi connectivity index (χ0n) is 14.3. The number of carbonyl (C=O) groups is 1. The molecule has 144 valence electrons. The molecular weight excluding hydrogens is 405 g/mol. The van der Waals surface area contributed by atoms with Gasteiger partial charge >= 0.3 is 6.03 Å². The summed E-state index contributed by atoms with van der Waals surface area (Å²) in [5.41, 5.74) is 1.12. The largest absolute Gasteiger partial charge is 0.323 e. The Balaban J connectivity index is 1.73. The molecule has 6 nitrogen and oxygen atoms in total. The predicted octanol–water partition coefficient (Wildman–Crippen LogP) is 4.92. The zero-order chi connectivity index (χ0) is 20.1. The highest BCUT2D eigenvalue weighted by Gasteiger charge is 2.19. The summed E-state index contributed by atoms with van der Waals surface area (Å²) in [6.45, 7) is 0. The molecule has 0 unspecified atom stereocenters. The second-order valence-corrected chi connectivity index (χ2v) is 7.79. The molecule has 3 N–H and O–H groups in total. The molecule has 3 aromatic carbocycles. The number of sulfonamides is 1. The summed E-state index contributed by atoms with van der Waals surface area (Å²) >= 11 is 5.65. The van der Waals surface area contributed by atoms with Crippen LogP contribution in [0, 0.1) is 5.82 Å². The maximum absolute atomic E-state index is 13.9. The van der Waals surface area contributed by atoms with E-state index in [0.29, 0.717) is 11.4 Å². The molecule has 0 atom stereocenters. The third-order valence-electron chi connectivity index (χ3n) is 3.59. The summed E-state index contributed by atoms with van der Waals surface area (Å²) in [7, 11) is -4.17. The Kier molecular flexibility index (Phi) is 5.81. The van der Waals surface area contributed by atoms with Crippen LogP contribution in [0.1, 0.15) is 0 Å². The van der Waals surface area contributed by atoms with Crippen molar-refractivity contribution in [1.29, 1.82) is 0 Å². The second kappa shape index (κ2) is 8.28. The van der Waals surface area contributed by atoms with Crippen LogP contribution in [0.15, 0.2) is 77.7 Å². The third-order valence-corrected chi connectivity index (χ3v) is 5.24. The van der Waals surface area contributed by atoms with Gasteiger partial charge in [-0.05, 0) is 48.5 Å². The molecule has 0 spiro atoms. The Morgan fingerprint density at radius 3 is 2.18 bits per heavy atom. The van der Waals surface area contributed by atoms with Gasteiger partial charge in [-0.3, -0.25) is 4.72 Å². The zero-order valence-corrected chi connectivity index (χ0v) is 15.9. The molecular formula is C19H15ClFN3O3S. The number of hydrogen-bond acceptors (Lipinski definition) is 3. The molecule has 0 aliphatic carbocycles. The average molecular weight is 420 g/mol. The van der Waals surface area contributed by atoms with Gasteiger partial charge in [0.2, 0.25) is 0 Å². The van der Waals surface area contributed by atoms with Crippen LogP contribution in [0.2, 0.25) is 5.02 Å². The number of benzene rings is 3. The van der Waals surface area contributed by atoms with Crippen molar-refractivity contribution >= 4 is 44.7 Å². The van der Waals surface area contributed by atoms with Gasteiger partial charge in [0.1, 0.15) is 10.7 Å². The van der Waals surface area contributed by atoms with Crippen LogP contribution in [0.25, 0.3) is 0 Å². The Labute approximate surface area is 166 Å². The molecule has 28 heavy (non-hydrogen) atoms. The van der Waals surface area contributed by atoms with E-state index in [1.54, 1.807) is 36.4 Å². The van der Waals surface area contributed by atoms with Crippen molar-refractivity contribution in [2.24, 2.45) is 0 Å². The summed E-state index contributed by atoms with van der Waals surface area (Å²) < 4.78 is 41.0. The number of anilines is 3. The van der Waals surface area contributed by atoms with E-state index in [4.69, 9.17) is 11.6 Å². The number of halogens is 2. The average Bonchev–Trinajstić information content (AvgIpc) is 2.62. The summed E-state index contributed by atoms with van der Waals surface area (Å²) in [5.74, 6) is -0.962. The smallest absolute Gasteiger partial charge is 0.308 e. The predicted molar refractivity (Wildman–Crippen MR) is 108 cm³/mol. The van der Waals surface area contributed by atoms with Gasteiger partial charge in [0, 0.05) is 16.4 Å². The van der Waals surface area contributed by atoms with E-state index in [-0.39, 0.29) is 10.7 Å². The van der Waals surface area contributed by atoms with Gasteiger partial charge in [0.25, 0.3) is 10.0 Å². The van der Waals surface area contributed by atoms with Crippen molar-refractivity contribution in [3.63, 3.8) is 0 Å². The van der Waals surface area contributed by atoms with Gasteiger partial charge in [-0.2, -0.15) is 0 Å². The van der Waals surface area contributed by atoms with Gasteiger partial charge in [0.15, 0.2) is 0 Å². The molecule has 0 heterocycles. The first-order valence-corrected chi connectivity index (χ1v) is 9.90. The maximum atomic E-state index is 13.9. The highest BCUT2D eigenvalue weighted by atomic mass is 35.5. The van der Waals surface area contributed by atoms with Crippen molar-refractivity contribution in [3.8, 4) is 0 Å². The first-order chi connectivity index (χ1) is 13.3. The van der Waals surface area contributed by atoms with Crippen LogP contribution in [-0.4, -0.2) is 14.4 Å². The summed E-state index contributed by atoms with van der Waals surface area (Å²) in [6, 6.07) is 17.7. The van der Waals surface area contributed by atoms with Crippen LogP contribution in [0.5, 0.6) is 0 Å². The number of urea groups is 1. The monoisotopic (exact) mass is 419 g/mol. The highest BCUT2D eigenvalue weighted by Crippen LogP contribution is 2.23. The first kappa shape index (κ1) is 19.7. The van der Waals surface area contributed by atoms with Gasteiger partial charge in [-0.25, -0.2) is 17.6 Å². The minimum Gasteiger partial charge on any atom is -0.308 e. The van der Waals surface area contributed by atoms with Gasteiger partial charge in [0.05, 0.1) is 5.69 Å². The molecule has 0 saturated heterocycles. The third kappa shape index (κ3) is 4.99. The molecule has 0 bridgehead atoms. The van der Waals surface area contributed by atoms with E-state index in [9.17, 15) is 17.6 Å². The van der Waals surface area contributed by atoms with E-state index in [1.807, 2.05) is 6.07 Å². The van der Waals surface area contributed by atoms with Gasteiger partial charge in [-0.1, -0.05) is 35.9 Å². The second-order valence-electron chi connectivity index (χ2n) is 5.71. The first-order valence-electron chi connectivity index (χ1n) is 8.04. The van der Waals surface area contributed by atoms with Crippen LogP contribution >= 0.6 is 11.6 Å². The molecule has 3 rings (SSSR count). The number of para-hydroxylation sites is 1. The van der Waals surface area contributed by atoms with Crippen LogP contribution in [0.4, 0.5) is 26.2 Å². The van der Waals surface area contributed by atoms with E-state index >= 15 is 0 Å². The minimum atomic E-state index is -4.17. The van der Waals surface area contributed by atoms with E-state index in [0.717, 1.165) is 12.1 Å². The van der Waals surface area contributed by atoms with E-state index in [2.05, 4.69) is 15.4 Å². The summed E-state index contributed by atoms with van der Waals surface area (Å²) in [4.78, 5) is 11.5. The Morgan fingerprint density at radius 2 is 1.46 bits per heavy atom. The molecule has 2 amide bonds. The van der Waals surface area contributed by atoms with Gasteiger partial charge in [-0.15, -0.1) is 0 Å². The molecule has 0 radical (unpaired) electrons. The lowest BCUT2D eigenvalue weighted by atomic mass is 10.3. The van der Waals surface area contributed by atoms with E-state index in [1.165, 1.54) is 18.2 Å². The number of rotatable bonds is 5. The number of hydrogen-bond donors (Lipinski definition) is 3.